The summed E-state index contributed by atoms with van der Waals surface area (Å²) in [5.41, 5.74) is 0.0788. The number of aliphatic hydroxyl groups excluding tert-OH is 1. The van der Waals surface area contributed by atoms with E-state index in [2.05, 4.69) is 23.8 Å². The third-order valence-corrected chi connectivity index (χ3v) is 4.61. The number of ether oxygens (including phenoxy) is 1. The molecule has 0 aromatic heterocycles. The molecule has 0 aromatic carbocycles. The molecule has 2 heterocycles. The van der Waals surface area contributed by atoms with Crippen molar-refractivity contribution in [1.29, 1.82) is 0 Å². The molecule has 0 radical (unpaired) electrons. The van der Waals surface area contributed by atoms with Crippen LogP contribution in [0.4, 0.5) is 0 Å². The van der Waals surface area contributed by atoms with Crippen LogP contribution >= 0.6 is 0 Å². The molecule has 2 fully saturated rings. The van der Waals surface area contributed by atoms with Gasteiger partial charge in [-0.3, -0.25) is 4.90 Å². The van der Waals surface area contributed by atoms with Crippen molar-refractivity contribution in [3.05, 3.63) is 0 Å². The highest BCUT2D eigenvalue weighted by atomic mass is 16.5. The molecule has 1 atom stereocenters. The molecule has 0 saturated carbocycles. The van der Waals surface area contributed by atoms with Gasteiger partial charge < -0.3 is 14.7 Å². The van der Waals surface area contributed by atoms with E-state index in [1.165, 1.54) is 13.0 Å². The van der Waals surface area contributed by atoms with Gasteiger partial charge in [-0.25, -0.2) is 0 Å². The fourth-order valence-corrected chi connectivity index (χ4v) is 3.26. The molecule has 0 amide bonds. The molecular weight excluding hydrogens is 228 g/mol. The third-order valence-electron chi connectivity index (χ3n) is 4.61. The maximum atomic E-state index is 9.79. The van der Waals surface area contributed by atoms with Crippen molar-refractivity contribution in [2.45, 2.75) is 32.2 Å². The highest BCUT2D eigenvalue weighted by Gasteiger charge is 2.35. The molecule has 18 heavy (non-hydrogen) atoms. The van der Waals surface area contributed by atoms with Crippen molar-refractivity contribution in [3.63, 3.8) is 0 Å². The van der Waals surface area contributed by atoms with Gasteiger partial charge in [-0.2, -0.15) is 0 Å². The first-order valence-electron chi connectivity index (χ1n) is 7.26. The zero-order chi connectivity index (χ0) is 13.0. The molecule has 0 aliphatic carbocycles. The second-order valence-electron chi connectivity index (χ2n) is 6.21. The minimum absolute atomic E-state index is 0.0788. The predicted octanol–water partition coefficient (Wildman–Crippen LogP) is 0.802. The van der Waals surface area contributed by atoms with Gasteiger partial charge in [0.2, 0.25) is 0 Å². The highest BCUT2D eigenvalue weighted by molar-refractivity contribution is 4.87. The molecular formula is C14H28N2O2. The summed E-state index contributed by atoms with van der Waals surface area (Å²) in [6, 6.07) is 0.587. The Morgan fingerprint density at radius 3 is 2.67 bits per heavy atom. The Morgan fingerprint density at radius 1 is 1.28 bits per heavy atom. The van der Waals surface area contributed by atoms with Gasteiger partial charge >= 0.3 is 0 Å². The van der Waals surface area contributed by atoms with Crippen molar-refractivity contribution < 1.29 is 9.84 Å². The summed E-state index contributed by atoms with van der Waals surface area (Å²) < 4.78 is 5.45. The van der Waals surface area contributed by atoms with Gasteiger partial charge in [-0.1, -0.05) is 0 Å². The normalized spacial score (nSPS) is 31.2. The van der Waals surface area contributed by atoms with Crippen LogP contribution < -0.4 is 0 Å². The average molecular weight is 256 g/mol. The zero-order valence-electron chi connectivity index (χ0n) is 11.9. The number of aliphatic hydroxyl groups is 1. The lowest BCUT2D eigenvalue weighted by Crippen LogP contribution is -2.48. The monoisotopic (exact) mass is 256 g/mol. The van der Waals surface area contributed by atoms with Gasteiger partial charge in [0, 0.05) is 37.8 Å². The van der Waals surface area contributed by atoms with Crippen LogP contribution in [-0.2, 0) is 4.74 Å². The summed E-state index contributed by atoms with van der Waals surface area (Å²) >= 11 is 0. The lowest BCUT2D eigenvalue weighted by Gasteiger charge is -2.41. The molecule has 106 valence electrons. The molecule has 4 nitrogen and oxygen atoms in total. The van der Waals surface area contributed by atoms with Crippen LogP contribution in [0.5, 0.6) is 0 Å². The van der Waals surface area contributed by atoms with Gasteiger partial charge in [-0.15, -0.1) is 0 Å². The number of rotatable bonds is 3. The van der Waals surface area contributed by atoms with E-state index in [0.29, 0.717) is 12.6 Å². The second kappa shape index (κ2) is 6.33. The first-order valence-corrected chi connectivity index (χ1v) is 7.26. The fourth-order valence-electron chi connectivity index (χ4n) is 3.26. The van der Waals surface area contributed by atoms with Crippen molar-refractivity contribution in [3.8, 4) is 0 Å². The quantitative estimate of drug-likeness (QED) is 0.810. The minimum atomic E-state index is 0.0788. The standard InChI is InChI=1S/C14H28N2O2/c1-13-10-15(2)6-3-7-16(13)11-14(12-17)4-8-18-9-5-14/h13,17H,3-12H2,1-2H3. The Balaban J connectivity index is 1.97. The minimum Gasteiger partial charge on any atom is -0.396 e. The van der Waals surface area contributed by atoms with Crippen LogP contribution in [0.2, 0.25) is 0 Å². The fraction of sp³-hybridized carbons (Fsp3) is 1.00. The number of likely N-dealkylation sites (N-methyl/N-ethyl adjacent to an activating group) is 1. The van der Waals surface area contributed by atoms with E-state index in [1.54, 1.807) is 0 Å². The molecule has 2 rings (SSSR count). The number of hydrogen-bond donors (Lipinski definition) is 1. The van der Waals surface area contributed by atoms with Gasteiger partial charge in [0.25, 0.3) is 0 Å². The highest BCUT2D eigenvalue weighted by Crippen LogP contribution is 2.32. The summed E-state index contributed by atoms with van der Waals surface area (Å²) in [6.07, 6.45) is 3.24. The molecule has 2 aliphatic heterocycles. The van der Waals surface area contributed by atoms with Crippen molar-refractivity contribution >= 4 is 0 Å². The maximum Gasteiger partial charge on any atom is 0.0501 e. The summed E-state index contributed by atoms with van der Waals surface area (Å²) in [5, 5.41) is 9.79. The van der Waals surface area contributed by atoms with E-state index in [1.807, 2.05) is 0 Å². The van der Waals surface area contributed by atoms with Gasteiger partial charge in [0.1, 0.15) is 0 Å². The van der Waals surface area contributed by atoms with E-state index >= 15 is 0 Å². The topological polar surface area (TPSA) is 35.9 Å². The maximum absolute atomic E-state index is 9.79. The van der Waals surface area contributed by atoms with Gasteiger partial charge in [0.05, 0.1) is 6.61 Å². The van der Waals surface area contributed by atoms with Crippen LogP contribution in [0.25, 0.3) is 0 Å². The summed E-state index contributed by atoms with van der Waals surface area (Å²) in [4.78, 5) is 4.99. The van der Waals surface area contributed by atoms with Crippen LogP contribution in [0, 0.1) is 5.41 Å². The number of hydrogen-bond acceptors (Lipinski definition) is 4. The summed E-state index contributed by atoms with van der Waals surface area (Å²) in [7, 11) is 2.20. The Hall–Kier alpha value is -0.160. The molecule has 4 heteroatoms. The van der Waals surface area contributed by atoms with Crippen molar-refractivity contribution in [1.82, 2.24) is 9.80 Å². The molecule has 1 N–H and O–H groups in total. The molecule has 2 saturated heterocycles. The third kappa shape index (κ3) is 3.44. The van der Waals surface area contributed by atoms with E-state index in [4.69, 9.17) is 4.74 Å². The van der Waals surface area contributed by atoms with E-state index < -0.39 is 0 Å². The smallest absolute Gasteiger partial charge is 0.0501 e. The van der Waals surface area contributed by atoms with Crippen LogP contribution in [0.15, 0.2) is 0 Å². The molecule has 0 aromatic rings. The SMILES string of the molecule is CC1CN(C)CCCN1CC1(CO)CCOCC1. The van der Waals surface area contributed by atoms with E-state index in [0.717, 1.165) is 45.7 Å². The van der Waals surface area contributed by atoms with Crippen LogP contribution in [-0.4, -0.2) is 74.0 Å². The lowest BCUT2D eigenvalue weighted by atomic mass is 9.80. The van der Waals surface area contributed by atoms with Crippen LogP contribution in [0.1, 0.15) is 26.2 Å². The Morgan fingerprint density at radius 2 is 2.00 bits per heavy atom. The van der Waals surface area contributed by atoms with E-state index in [-0.39, 0.29) is 5.41 Å². The van der Waals surface area contributed by atoms with Gasteiger partial charge in [0.15, 0.2) is 0 Å². The van der Waals surface area contributed by atoms with Gasteiger partial charge in [-0.05, 0) is 46.3 Å². The lowest BCUT2D eigenvalue weighted by molar-refractivity contribution is -0.0391. The molecule has 0 bridgehead atoms. The Bertz CT molecular complexity index is 254. The van der Waals surface area contributed by atoms with E-state index in [9.17, 15) is 5.11 Å². The molecule has 2 aliphatic rings. The first-order chi connectivity index (χ1) is 8.65. The van der Waals surface area contributed by atoms with Crippen molar-refractivity contribution in [2.24, 2.45) is 5.41 Å². The molecule has 0 spiro atoms. The Labute approximate surface area is 111 Å². The summed E-state index contributed by atoms with van der Waals surface area (Å²) in [6.45, 7) is 8.75. The van der Waals surface area contributed by atoms with Crippen LogP contribution in [0.3, 0.4) is 0 Å². The second-order valence-corrected chi connectivity index (χ2v) is 6.21. The molecule has 1 unspecified atom stereocenters. The zero-order valence-corrected chi connectivity index (χ0v) is 11.9. The predicted molar refractivity (Wildman–Crippen MR) is 72.7 cm³/mol. The number of nitrogens with zero attached hydrogens (tertiary/aromatic N) is 2. The average Bonchev–Trinajstić information content (AvgIpc) is 2.52. The van der Waals surface area contributed by atoms with Crippen molar-refractivity contribution in [2.75, 3.05) is 53.0 Å². The first kappa shape index (κ1) is 14.3. The summed E-state index contributed by atoms with van der Waals surface area (Å²) in [5.74, 6) is 0. The Kier molecular flexibility index (Phi) is 5.01. The largest absolute Gasteiger partial charge is 0.396 e.